The molecule has 0 aromatic heterocycles. The molecule has 0 aliphatic rings. The van der Waals surface area contributed by atoms with Crippen LogP contribution in [0, 0.1) is 5.92 Å². The van der Waals surface area contributed by atoms with Crippen LogP contribution >= 0.6 is 0 Å². The van der Waals surface area contributed by atoms with Gasteiger partial charge in [0.2, 0.25) is 0 Å². The highest BCUT2D eigenvalue weighted by Crippen LogP contribution is 2.16. The number of carbonyl (C=O) groups is 1. The number of hydrogen-bond donors (Lipinski definition) is 2. The quantitative estimate of drug-likeness (QED) is 0.795. The van der Waals surface area contributed by atoms with Gasteiger partial charge in [-0.3, -0.25) is 4.79 Å². The molecule has 0 saturated carbocycles. The van der Waals surface area contributed by atoms with E-state index in [9.17, 15) is 9.90 Å². The zero-order chi connectivity index (χ0) is 14.3. The van der Waals surface area contributed by atoms with Gasteiger partial charge in [-0.1, -0.05) is 26.0 Å². The predicted molar refractivity (Wildman–Crippen MR) is 75.0 cm³/mol. The van der Waals surface area contributed by atoms with Crippen molar-refractivity contribution in [2.24, 2.45) is 5.92 Å². The van der Waals surface area contributed by atoms with E-state index in [1.54, 1.807) is 31.2 Å². The third-order valence-electron chi connectivity index (χ3n) is 2.78. The molecule has 0 unspecified atom stereocenters. The molecule has 4 heteroatoms. The van der Waals surface area contributed by atoms with Crippen LogP contribution in [-0.4, -0.2) is 24.2 Å². The van der Waals surface area contributed by atoms with Crippen molar-refractivity contribution in [3.8, 4) is 5.75 Å². The summed E-state index contributed by atoms with van der Waals surface area (Å²) in [6.45, 7) is 6.64. The molecule has 0 spiro atoms. The van der Waals surface area contributed by atoms with Crippen molar-refractivity contribution in [2.75, 3.05) is 13.2 Å². The van der Waals surface area contributed by atoms with Crippen molar-refractivity contribution in [3.63, 3.8) is 0 Å². The van der Waals surface area contributed by atoms with Crippen LogP contribution in [0.2, 0.25) is 0 Å². The van der Waals surface area contributed by atoms with E-state index in [0.29, 0.717) is 18.2 Å². The maximum absolute atomic E-state index is 11.5. The minimum atomic E-state index is -0.492. The lowest BCUT2D eigenvalue weighted by molar-refractivity contribution is -0.123. The molecular weight excluding hydrogens is 242 g/mol. The second-order valence-corrected chi connectivity index (χ2v) is 5.07. The Morgan fingerprint density at radius 3 is 2.42 bits per heavy atom. The average molecular weight is 265 g/mol. The van der Waals surface area contributed by atoms with E-state index in [2.05, 4.69) is 19.2 Å². The molecule has 4 nitrogen and oxygen atoms in total. The molecule has 0 saturated heterocycles. The largest absolute Gasteiger partial charge is 0.484 e. The van der Waals surface area contributed by atoms with Gasteiger partial charge in [-0.05, 0) is 37.0 Å². The minimum absolute atomic E-state index is 0.0200. The Hall–Kier alpha value is -1.55. The first-order chi connectivity index (χ1) is 8.99. The molecule has 0 radical (unpaired) electrons. The average Bonchev–Trinajstić information content (AvgIpc) is 2.36. The summed E-state index contributed by atoms with van der Waals surface area (Å²) >= 11 is 0. The number of carbonyl (C=O) groups excluding carboxylic acids is 1. The van der Waals surface area contributed by atoms with E-state index in [1.807, 2.05) is 0 Å². The number of aliphatic hydroxyl groups excluding tert-OH is 1. The van der Waals surface area contributed by atoms with Crippen molar-refractivity contribution in [2.45, 2.75) is 33.3 Å². The summed E-state index contributed by atoms with van der Waals surface area (Å²) in [4.78, 5) is 11.5. The summed E-state index contributed by atoms with van der Waals surface area (Å²) in [6.07, 6.45) is 0.475. The van der Waals surface area contributed by atoms with Gasteiger partial charge in [-0.2, -0.15) is 0 Å². The van der Waals surface area contributed by atoms with Gasteiger partial charge in [0.1, 0.15) is 5.75 Å². The number of hydrogen-bond acceptors (Lipinski definition) is 3. The standard InChI is InChI=1S/C15H23NO3/c1-11(2)8-9-16-15(18)10-19-14-6-4-13(5-7-14)12(3)17/h4-7,11-12,17H,8-10H2,1-3H3,(H,16,18)/t12-/m1/s1. The monoisotopic (exact) mass is 265 g/mol. The van der Waals surface area contributed by atoms with Gasteiger partial charge in [-0.15, -0.1) is 0 Å². The summed E-state index contributed by atoms with van der Waals surface area (Å²) in [7, 11) is 0. The van der Waals surface area contributed by atoms with Crippen LogP contribution in [0.25, 0.3) is 0 Å². The Kier molecular flexibility index (Phi) is 6.36. The molecule has 0 aliphatic carbocycles. The second kappa shape index (κ2) is 7.79. The zero-order valence-corrected chi connectivity index (χ0v) is 11.8. The van der Waals surface area contributed by atoms with Gasteiger partial charge < -0.3 is 15.2 Å². The molecule has 106 valence electrons. The van der Waals surface area contributed by atoms with Crippen LogP contribution in [0.4, 0.5) is 0 Å². The van der Waals surface area contributed by atoms with Gasteiger partial charge in [0, 0.05) is 6.54 Å². The SMILES string of the molecule is CC(C)CCNC(=O)COc1ccc([C@@H](C)O)cc1. The van der Waals surface area contributed by atoms with Crippen LogP contribution in [0.3, 0.4) is 0 Å². The van der Waals surface area contributed by atoms with E-state index in [0.717, 1.165) is 12.0 Å². The molecule has 1 rings (SSSR count). The molecule has 0 heterocycles. The van der Waals surface area contributed by atoms with E-state index in [4.69, 9.17) is 4.74 Å². The highest BCUT2D eigenvalue weighted by atomic mass is 16.5. The number of aliphatic hydroxyl groups is 1. The summed E-state index contributed by atoms with van der Waals surface area (Å²) in [5.41, 5.74) is 0.828. The first kappa shape index (κ1) is 15.5. The van der Waals surface area contributed by atoms with Crippen molar-refractivity contribution in [1.82, 2.24) is 5.32 Å². The number of amides is 1. The molecule has 19 heavy (non-hydrogen) atoms. The van der Waals surface area contributed by atoms with Crippen LogP contribution < -0.4 is 10.1 Å². The highest BCUT2D eigenvalue weighted by molar-refractivity contribution is 5.77. The molecule has 0 bridgehead atoms. The van der Waals surface area contributed by atoms with Crippen LogP contribution in [-0.2, 0) is 4.79 Å². The second-order valence-electron chi connectivity index (χ2n) is 5.07. The number of benzene rings is 1. The Morgan fingerprint density at radius 2 is 1.89 bits per heavy atom. The fraction of sp³-hybridized carbons (Fsp3) is 0.533. The smallest absolute Gasteiger partial charge is 0.257 e. The van der Waals surface area contributed by atoms with Gasteiger partial charge >= 0.3 is 0 Å². The lowest BCUT2D eigenvalue weighted by Gasteiger charge is -2.09. The normalized spacial score (nSPS) is 12.3. The van der Waals surface area contributed by atoms with Crippen LogP contribution in [0.5, 0.6) is 5.75 Å². The predicted octanol–water partition coefficient (Wildman–Crippen LogP) is 2.28. The summed E-state index contributed by atoms with van der Waals surface area (Å²) in [6, 6.07) is 7.08. The molecule has 0 fully saturated rings. The fourth-order valence-corrected chi connectivity index (χ4v) is 1.54. The van der Waals surface area contributed by atoms with Crippen molar-refractivity contribution in [3.05, 3.63) is 29.8 Å². The molecule has 2 N–H and O–H groups in total. The molecule has 1 amide bonds. The minimum Gasteiger partial charge on any atom is -0.484 e. The van der Waals surface area contributed by atoms with Crippen LogP contribution in [0.15, 0.2) is 24.3 Å². The van der Waals surface area contributed by atoms with Gasteiger partial charge in [0.25, 0.3) is 5.91 Å². The first-order valence-electron chi connectivity index (χ1n) is 6.66. The molecule has 1 atom stereocenters. The van der Waals surface area contributed by atoms with Crippen molar-refractivity contribution < 1.29 is 14.6 Å². The maximum atomic E-state index is 11.5. The van der Waals surface area contributed by atoms with Gasteiger partial charge in [0.15, 0.2) is 6.61 Å². The zero-order valence-electron chi connectivity index (χ0n) is 11.8. The highest BCUT2D eigenvalue weighted by Gasteiger charge is 2.04. The number of ether oxygens (including phenoxy) is 1. The van der Waals surface area contributed by atoms with E-state index < -0.39 is 6.10 Å². The van der Waals surface area contributed by atoms with Gasteiger partial charge in [0.05, 0.1) is 6.10 Å². The lowest BCUT2D eigenvalue weighted by atomic mass is 10.1. The lowest BCUT2D eigenvalue weighted by Crippen LogP contribution is -2.30. The maximum Gasteiger partial charge on any atom is 0.257 e. The summed E-state index contributed by atoms with van der Waals surface area (Å²) in [5.74, 6) is 1.10. The first-order valence-corrected chi connectivity index (χ1v) is 6.66. The van der Waals surface area contributed by atoms with E-state index in [-0.39, 0.29) is 12.5 Å². The molecule has 1 aromatic carbocycles. The van der Waals surface area contributed by atoms with Crippen molar-refractivity contribution in [1.29, 1.82) is 0 Å². The van der Waals surface area contributed by atoms with E-state index >= 15 is 0 Å². The fourth-order valence-electron chi connectivity index (χ4n) is 1.54. The number of nitrogens with one attached hydrogen (secondary N) is 1. The number of rotatable bonds is 7. The Balaban J connectivity index is 2.30. The molecule has 0 aliphatic heterocycles. The van der Waals surface area contributed by atoms with Crippen LogP contribution in [0.1, 0.15) is 38.9 Å². The Bertz CT molecular complexity index is 385. The summed E-state index contributed by atoms with van der Waals surface area (Å²) < 4.78 is 5.37. The Morgan fingerprint density at radius 1 is 1.26 bits per heavy atom. The molecular formula is C15H23NO3. The third kappa shape index (κ3) is 6.25. The van der Waals surface area contributed by atoms with E-state index in [1.165, 1.54) is 0 Å². The van der Waals surface area contributed by atoms with Crippen molar-refractivity contribution >= 4 is 5.91 Å². The van der Waals surface area contributed by atoms with Gasteiger partial charge in [-0.25, -0.2) is 0 Å². The topological polar surface area (TPSA) is 58.6 Å². The molecule has 1 aromatic rings. The third-order valence-corrected chi connectivity index (χ3v) is 2.78. The Labute approximate surface area is 114 Å². The summed E-state index contributed by atoms with van der Waals surface area (Å²) in [5, 5.41) is 12.2.